The van der Waals surface area contributed by atoms with E-state index in [1.54, 1.807) is 12.1 Å². The van der Waals surface area contributed by atoms with E-state index in [4.69, 9.17) is 0 Å². The summed E-state index contributed by atoms with van der Waals surface area (Å²) in [5.74, 6) is 0. The van der Waals surface area contributed by atoms with Crippen molar-refractivity contribution >= 4 is 5.69 Å². The molecule has 0 amide bonds. The van der Waals surface area contributed by atoms with Gasteiger partial charge in [0.25, 0.3) is 5.69 Å². The van der Waals surface area contributed by atoms with Gasteiger partial charge in [0.2, 0.25) is 0 Å². The molecule has 0 fully saturated rings. The van der Waals surface area contributed by atoms with Crippen molar-refractivity contribution in [2.24, 2.45) is 0 Å². The topological polar surface area (TPSA) is 73.0 Å². The first-order valence-electron chi connectivity index (χ1n) is 7.08. The molecule has 0 spiro atoms. The fourth-order valence-electron chi connectivity index (χ4n) is 1.97. The molecule has 0 aliphatic carbocycles. The summed E-state index contributed by atoms with van der Waals surface area (Å²) in [7, 11) is 0. The van der Waals surface area contributed by atoms with Gasteiger partial charge in [-0.15, -0.1) is 0 Å². The molecule has 2 rings (SSSR count). The lowest BCUT2D eigenvalue weighted by Gasteiger charge is -2.08. The van der Waals surface area contributed by atoms with E-state index in [-0.39, 0.29) is 5.69 Å². The van der Waals surface area contributed by atoms with Gasteiger partial charge in [0, 0.05) is 37.5 Å². The van der Waals surface area contributed by atoms with Gasteiger partial charge in [0.15, 0.2) is 0 Å². The van der Waals surface area contributed by atoms with Crippen LogP contribution in [-0.2, 0) is 13.1 Å². The largest absolute Gasteiger partial charge is 0.307 e. The van der Waals surface area contributed by atoms with Gasteiger partial charge < -0.3 is 5.32 Å². The van der Waals surface area contributed by atoms with Crippen LogP contribution in [0.4, 0.5) is 5.69 Å². The Morgan fingerprint density at radius 1 is 1.29 bits per heavy atom. The van der Waals surface area contributed by atoms with Gasteiger partial charge in [-0.05, 0) is 25.0 Å². The standard InChI is InChI=1S/C15H20N4O2/c1-3-12(2)18-9-8-14(17-18)11-16-10-13-4-6-15(7-5-13)19(20)21/h4-9,12,16H,3,10-11H2,1-2H3. The Hall–Kier alpha value is -2.21. The number of nitro groups is 1. The van der Waals surface area contributed by atoms with Crippen LogP contribution in [0.2, 0.25) is 0 Å². The van der Waals surface area contributed by atoms with Gasteiger partial charge in [-0.2, -0.15) is 5.10 Å². The molecule has 1 unspecified atom stereocenters. The fourth-order valence-corrected chi connectivity index (χ4v) is 1.97. The third-order valence-corrected chi connectivity index (χ3v) is 3.49. The van der Waals surface area contributed by atoms with Crippen molar-refractivity contribution in [1.29, 1.82) is 0 Å². The van der Waals surface area contributed by atoms with Gasteiger partial charge in [0.1, 0.15) is 0 Å². The molecule has 0 aliphatic rings. The molecule has 0 saturated heterocycles. The highest BCUT2D eigenvalue weighted by molar-refractivity contribution is 5.32. The van der Waals surface area contributed by atoms with E-state index < -0.39 is 4.92 Å². The molecule has 21 heavy (non-hydrogen) atoms. The number of nitro benzene ring substituents is 1. The summed E-state index contributed by atoms with van der Waals surface area (Å²) in [6, 6.07) is 9.00. The summed E-state index contributed by atoms with van der Waals surface area (Å²) < 4.78 is 1.98. The molecule has 0 aliphatic heterocycles. The van der Waals surface area contributed by atoms with Crippen molar-refractivity contribution < 1.29 is 4.92 Å². The maximum Gasteiger partial charge on any atom is 0.269 e. The molecule has 0 bridgehead atoms. The summed E-state index contributed by atoms with van der Waals surface area (Å²) in [6.07, 6.45) is 3.05. The zero-order valence-electron chi connectivity index (χ0n) is 12.3. The predicted octanol–water partition coefficient (Wildman–Crippen LogP) is 3.05. The Balaban J connectivity index is 1.83. The third-order valence-electron chi connectivity index (χ3n) is 3.49. The highest BCUT2D eigenvalue weighted by Gasteiger charge is 2.05. The van der Waals surface area contributed by atoms with E-state index >= 15 is 0 Å². The number of hydrogen-bond acceptors (Lipinski definition) is 4. The first kappa shape index (κ1) is 15.2. The normalized spacial score (nSPS) is 12.3. The molecule has 112 valence electrons. The van der Waals surface area contributed by atoms with Crippen molar-refractivity contribution in [2.75, 3.05) is 0 Å². The van der Waals surface area contributed by atoms with Crippen LogP contribution in [0.25, 0.3) is 0 Å². The second-order valence-electron chi connectivity index (χ2n) is 5.07. The van der Waals surface area contributed by atoms with Crippen LogP contribution < -0.4 is 5.32 Å². The Kier molecular flexibility index (Phi) is 5.05. The molecule has 6 nitrogen and oxygen atoms in total. The van der Waals surface area contributed by atoms with Crippen LogP contribution >= 0.6 is 0 Å². The van der Waals surface area contributed by atoms with Crippen LogP contribution in [0.5, 0.6) is 0 Å². The van der Waals surface area contributed by atoms with Crippen molar-refractivity contribution in [3.8, 4) is 0 Å². The van der Waals surface area contributed by atoms with Crippen molar-refractivity contribution in [2.45, 2.75) is 39.4 Å². The zero-order valence-corrected chi connectivity index (χ0v) is 12.3. The Labute approximate surface area is 123 Å². The predicted molar refractivity (Wildman–Crippen MR) is 80.9 cm³/mol. The molecule has 1 heterocycles. The summed E-state index contributed by atoms with van der Waals surface area (Å²) in [6.45, 7) is 5.62. The van der Waals surface area contributed by atoms with E-state index in [0.717, 1.165) is 17.7 Å². The molecule has 0 saturated carbocycles. The fraction of sp³-hybridized carbons (Fsp3) is 0.400. The molecule has 2 aromatic rings. The molecule has 1 aromatic carbocycles. The Bertz CT molecular complexity index is 592. The van der Waals surface area contributed by atoms with Gasteiger partial charge in [-0.3, -0.25) is 14.8 Å². The number of aromatic nitrogens is 2. The SMILES string of the molecule is CCC(C)n1ccc(CNCc2ccc([N+](=O)[O-])cc2)n1. The minimum Gasteiger partial charge on any atom is -0.307 e. The van der Waals surface area contributed by atoms with Gasteiger partial charge in [-0.25, -0.2) is 0 Å². The first-order chi connectivity index (χ1) is 10.1. The molecule has 1 atom stereocenters. The lowest BCUT2D eigenvalue weighted by Crippen LogP contribution is -2.14. The quantitative estimate of drug-likeness (QED) is 0.627. The Morgan fingerprint density at radius 3 is 2.62 bits per heavy atom. The van der Waals surface area contributed by atoms with Gasteiger partial charge in [0.05, 0.1) is 10.6 Å². The number of nitrogens with one attached hydrogen (secondary N) is 1. The van der Waals surface area contributed by atoms with Gasteiger partial charge in [-0.1, -0.05) is 19.1 Å². The second kappa shape index (κ2) is 6.99. The Morgan fingerprint density at radius 2 is 2.00 bits per heavy atom. The summed E-state index contributed by atoms with van der Waals surface area (Å²) in [4.78, 5) is 10.2. The average Bonchev–Trinajstić information content (AvgIpc) is 2.96. The summed E-state index contributed by atoms with van der Waals surface area (Å²) in [5, 5.41) is 18.4. The number of benzene rings is 1. The highest BCUT2D eigenvalue weighted by atomic mass is 16.6. The molecule has 0 radical (unpaired) electrons. The number of nitrogens with zero attached hydrogens (tertiary/aromatic N) is 3. The van der Waals surface area contributed by atoms with E-state index in [0.29, 0.717) is 19.1 Å². The van der Waals surface area contributed by atoms with Gasteiger partial charge >= 0.3 is 0 Å². The average molecular weight is 288 g/mol. The number of non-ortho nitro benzene ring substituents is 1. The number of hydrogen-bond donors (Lipinski definition) is 1. The van der Waals surface area contributed by atoms with Crippen molar-refractivity contribution in [3.05, 3.63) is 57.9 Å². The third kappa shape index (κ3) is 4.13. The van der Waals surface area contributed by atoms with Crippen molar-refractivity contribution in [1.82, 2.24) is 15.1 Å². The monoisotopic (exact) mass is 288 g/mol. The first-order valence-corrected chi connectivity index (χ1v) is 7.08. The maximum atomic E-state index is 10.6. The number of rotatable bonds is 7. The second-order valence-corrected chi connectivity index (χ2v) is 5.07. The lowest BCUT2D eigenvalue weighted by atomic mass is 10.2. The smallest absolute Gasteiger partial charge is 0.269 e. The van der Waals surface area contributed by atoms with Crippen LogP contribution in [0.15, 0.2) is 36.5 Å². The molecule has 1 aromatic heterocycles. The minimum absolute atomic E-state index is 0.117. The molecule has 6 heteroatoms. The maximum absolute atomic E-state index is 10.6. The van der Waals surface area contributed by atoms with E-state index in [2.05, 4.69) is 24.3 Å². The lowest BCUT2D eigenvalue weighted by molar-refractivity contribution is -0.384. The summed E-state index contributed by atoms with van der Waals surface area (Å²) >= 11 is 0. The minimum atomic E-state index is -0.390. The van der Waals surface area contributed by atoms with Crippen LogP contribution in [-0.4, -0.2) is 14.7 Å². The molecular weight excluding hydrogens is 268 g/mol. The van der Waals surface area contributed by atoms with E-state index in [1.165, 1.54) is 12.1 Å². The highest BCUT2D eigenvalue weighted by Crippen LogP contribution is 2.12. The van der Waals surface area contributed by atoms with Crippen LogP contribution in [0.1, 0.15) is 37.6 Å². The molecule has 1 N–H and O–H groups in total. The summed E-state index contributed by atoms with van der Waals surface area (Å²) in [5.41, 5.74) is 2.13. The van der Waals surface area contributed by atoms with Crippen LogP contribution in [0, 0.1) is 10.1 Å². The van der Waals surface area contributed by atoms with Crippen LogP contribution in [0.3, 0.4) is 0 Å². The van der Waals surface area contributed by atoms with Crippen molar-refractivity contribution in [3.63, 3.8) is 0 Å². The van der Waals surface area contributed by atoms with E-state index in [1.807, 2.05) is 16.9 Å². The van der Waals surface area contributed by atoms with E-state index in [9.17, 15) is 10.1 Å². The molecular formula is C15H20N4O2. The zero-order chi connectivity index (χ0) is 15.2.